The lowest BCUT2D eigenvalue weighted by Crippen LogP contribution is -2.41. The van der Waals surface area contributed by atoms with Crippen LogP contribution in [0.25, 0.3) is 0 Å². The summed E-state index contributed by atoms with van der Waals surface area (Å²) in [6.45, 7) is 2.09. The number of nitrogens with one attached hydrogen (secondary N) is 1. The van der Waals surface area contributed by atoms with E-state index in [0.29, 0.717) is 12.8 Å². The van der Waals surface area contributed by atoms with Crippen LogP contribution in [0.1, 0.15) is 44.6 Å². The van der Waals surface area contributed by atoms with Crippen molar-refractivity contribution in [2.45, 2.75) is 45.4 Å². The van der Waals surface area contributed by atoms with Gasteiger partial charge in [-0.3, -0.25) is 9.59 Å². The van der Waals surface area contributed by atoms with E-state index in [0.717, 1.165) is 30.5 Å². The Morgan fingerprint density at radius 3 is 2.55 bits per heavy atom. The molecule has 0 aliphatic heterocycles. The molecule has 1 aliphatic carbocycles. The number of para-hydroxylation sites is 1. The molecule has 2 N–H and O–H groups in total. The molecule has 0 spiro atoms. The third-order valence-electron chi connectivity index (χ3n) is 4.07. The number of aliphatic carboxylic acids is 1. The minimum Gasteiger partial charge on any atom is -0.481 e. The van der Waals surface area contributed by atoms with Gasteiger partial charge in [0.2, 0.25) is 5.91 Å². The van der Waals surface area contributed by atoms with Crippen molar-refractivity contribution < 1.29 is 14.7 Å². The van der Waals surface area contributed by atoms with Gasteiger partial charge in [-0.25, -0.2) is 0 Å². The molecule has 2 rings (SSSR count). The first-order chi connectivity index (χ1) is 9.57. The molecule has 1 fully saturated rings. The molecule has 4 nitrogen and oxygen atoms in total. The first-order valence-corrected chi connectivity index (χ1v) is 7.18. The SMILES string of the molecule is CCCc1ccccc1NC(=O)CC1(C(=O)O)CCC1. The standard InChI is InChI=1S/C16H21NO3/c1-2-6-12-7-3-4-8-13(12)17-14(18)11-16(15(19)20)9-5-10-16/h3-4,7-8H,2,5-6,9-11H2,1H3,(H,17,18)(H,19,20). The summed E-state index contributed by atoms with van der Waals surface area (Å²) in [6, 6.07) is 7.70. The molecule has 20 heavy (non-hydrogen) atoms. The van der Waals surface area contributed by atoms with Crippen LogP contribution in [0.2, 0.25) is 0 Å². The van der Waals surface area contributed by atoms with Crippen molar-refractivity contribution in [1.82, 2.24) is 0 Å². The van der Waals surface area contributed by atoms with Crippen molar-refractivity contribution in [3.63, 3.8) is 0 Å². The van der Waals surface area contributed by atoms with Crippen molar-refractivity contribution in [1.29, 1.82) is 0 Å². The fraction of sp³-hybridized carbons (Fsp3) is 0.500. The minimum atomic E-state index is -0.847. The fourth-order valence-electron chi connectivity index (χ4n) is 2.70. The summed E-state index contributed by atoms with van der Waals surface area (Å²) >= 11 is 0. The predicted octanol–water partition coefficient (Wildman–Crippen LogP) is 3.22. The second kappa shape index (κ2) is 6.07. The number of carboxylic acid groups (broad SMARTS) is 1. The Bertz CT molecular complexity index is 506. The van der Waals surface area contributed by atoms with E-state index in [2.05, 4.69) is 12.2 Å². The number of aryl methyl sites for hydroxylation is 1. The highest BCUT2D eigenvalue weighted by atomic mass is 16.4. The number of carbonyl (C=O) groups excluding carboxylic acids is 1. The van der Waals surface area contributed by atoms with Crippen LogP contribution in [0, 0.1) is 5.41 Å². The second-order valence-electron chi connectivity index (χ2n) is 5.57. The average Bonchev–Trinajstić information content (AvgIpc) is 2.36. The molecular weight excluding hydrogens is 254 g/mol. The van der Waals surface area contributed by atoms with Gasteiger partial charge in [-0.1, -0.05) is 38.0 Å². The molecule has 0 atom stereocenters. The summed E-state index contributed by atoms with van der Waals surface area (Å²) in [4.78, 5) is 23.4. The van der Waals surface area contributed by atoms with Crippen molar-refractivity contribution in [2.24, 2.45) is 5.41 Å². The zero-order valence-corrected chi connectivity index (χ0v) is 11.8. The van der Waals surface area contributed by atoms with Gasteiger partial charge in [-0.05, 0) is 30.9 Å². The highest BCUT2D eigenvalue weighted by Gasteiger charge is 2.45. The van der Waals surface area contributed by atoms with Gasteiger partial charge < -0.3 is 10.4 Å². The van der Waals surface area contributed by atoms with Gasteiger partial charge in [0.05, 0.1) is 5.41 Å². The Morgan fingerprint density at radius 2 is 2.00 bits per heavy atom. The van der Waals surface area contributed by atoms with Crippen LogP contribution < -0.4 is 5.32 Å². The Hall–Kier alpha value is -1.84. The van der Waals surface area contributed by atoms with Crippen LogP contribution in [0.3, 0.4) is 0 Å². The van der Waals surface area contributed by atoms with E-state index in [1.54, 1.807) is 0 Å². The quantitative estimate of drug-likeness (QED) is 0.837. The third kappa shape index (κ3) is 3.00. The Kier molecular flexibility index (Phi) is 4.42. The lowest BCUT2D eigenvalue weighted by atomic mass is 9.66. The molecule has 0 radical (unpaired) electrons. The third-order valence-corrected chi connectivity index (χ3v) is 4.07. The van der Waals surface area contributed by atoms with E-state index in [1.807, 2.05) is 24.3 Å². The Balaban J connectivity index is 2.03. The van der Waals surface area contributed by atoms with Gasteiger partial charge in [0.25, 0.3) is 0 Å². The molecule has 1 amide bonds. The zero-order chi connectivity index (χ0) is 14.6. The van der Waals surface area contributed by atoms with Gasteiger partial charge in [-0.2, -0.15) is 0 Å². The van der Waals surface area contributed by atoms with E-state index >= 15 is 0 Å². The molecule has 4 heteroatoms. The average molecular weight is 275 g/mol. The number of benzene rings is 1. The Labute approximate surface area is 119 Å². The largest absolute Gasteiger partial charge is 0.481 e. The van der Waals surface area contributed by atoms with E-state index in [-0.39, 0.29) is 12.3 Å². The van der Waals surface area contributed by atoms with Crippen molar-refractivity contribution >= 4 is 17.6 Å². The number of hydrogen-bond acceptors (Lipinski definition) is 2. The van der Waals surface area contributed by atoms with Crippen LogP contribution in [-0.4, -0.2) is 17.0 Å². The van der Waals surface area contributed by atoms with E-state index in [9.17, 15) is 14.7 Å². The molecule has 0 unspecified atom stereocenters. The van der Waals surface area contributed by atoms with Gasteiger partial charge in [0, 0.05) is 12.1 Å². The molecule has 0 heterocycles. The lowest BCUT2D eigenvalue weighted by molar-refractivity contribution is -0.157. The van der Waals surface area contributed by atoms with Gasteiger partial charge in [0.15, 0.2) is 0 Å². The number of amides is 1. The maximum absolute atomic E-state index is 12.1. The smallest absolute Gasteiger partial charge is 0.310 e. The van der Waals surface area contributed by atoms with Crippen LogP contribution in [-0.2, 0) is 16.0 Å². The van der Waals surface area contributed by atoms with Crippen molar-refractivity contribution in [2.75, 3.05) is 5.32 Å². The zero-order valence-electron chi connectivity index (χ0n) is 11.8. The summed E-state index contributed by atoms with van der Waals surface area (Å²) in [5, 5.41) is 12.1. The monoisotopic (exact) mass is 275 g/mol. The number of carbonyl (C=O) groups is 2. The molecule has 1 aromatic carbocycles. The molecular formula is C16H21NO3. The van der Waals surface area contributed by atoms with Crippen LogP contribution in [0.15, 0.2) is 24.3 Å². The molecule has 0 bridgehead atoms. The minimum absolute atomic E-state index is 0.0722. The van der Waals surface area contributed by atoms with Crippen molar-refractivity contribution in [3.8, 4) is 0 Å². The first-order valence-electron chi connectivity index (χ1n) is 7.18. The highest BCUT2D eigenvalue weighted by Crippen LogP contribution is 2.44. The maximum atomic E-state index is 12.1. The summed E-state index contributed by atoms with van der Waals surface area (Å²) in [5.41, 5.74) is 1.07. The summed E-state index contributed by atoms with van der Waals surface area (Å²) < 4.78 is 0. The fourth-order valence-corrected chi connectivity index (χ4v) is 2.70. The molecule has 0 saturated heterocycles. The number of hydrogen-bond donors (Lipinski definition) is 2. The summed E-state index contributed by atoms with van der Waals surface area (Å²) in [6.07, 6.45) is 4.08. The topological polar surface area (TPSA) is 66.4 Å². The normalized spacial score (nSPS) is 16.2. The first kappa shape index (κ1) is 14.6. The molecule has 1 aromatic rings. The molecule has 1 aliphatic rings. The predicted molar refractivity (Wildman–Crippen MR) is 77.6 cm³/mol. The lowest BCUT2D eigenvalue weighted by Gasteiger charge is -2.36. The number of anilines is 1. The summed E-state index contributed by atoms with van der Waals surface area (Å²) in [5.74, 6) is -1.05. The van der Waals surface area contributed by atoms with E-state index < -0.39 is 11.4 Å². The Morgan fingerprint density at radius 1 is 1.30 bits per heavy atom. The van der Waals surface area contributed by atoms with Gasteiger partial charge in [-0.15, -0.1) is 0 Å². The molecule has 1 saturated carbocycles. The van der Waals surface area contributed by atoms with Crippen LogP contribution >= 0.6 is 0 Å². The number of carboxylic acids is 1. The van der Waals surface area contributed by atoms with E-state index in [1.165, 1.54) is 0 Å². The summed E-state index contributed by atoms with van der Waals surface area (Å²) in [7, 11) is 0. The second-order valence-corrected chi connectivity index (χ2v) is 5.57. The number of rotatable bonds is 6. The highest BCUT2D eigenvalue weighted by molar-refractivity contribution is 5.95. The molecule has 0 aromatic heterocycles. The van der Waals surface area contributed by atoms with Gasteiger partial charge in [0.1, 0.15) is 0 Å². The van der Waals surface area contributed by atoms with Crippen molar-refractivity contribution in [3.05, 3.63) is 29.8 Å². The van der Waals surface area contributed by atoms with Crippen LogP contribution in [0.4, 0.5) is 5.69 Å². The van der Waals surface area contributed by atoms with E-state index in [4.69, 9.17) is 0 Å². The molecule has 108 valence electrons. The maximum Gasteiger partial charge on any atom is 0.310 e. The van der Waals surface area contributed by atoms with Crippen LogP contribution in [0.5, 0.6) is 0 Å². The van der Waals surface area contributed by atoms with Gasteiger partial charge >= 0.3 is 5.97 Å².